The Bertz CT molecular complexity index is 1170. The summed E-state index contributed by atoms with van der Waals surface area (Å²) in [5.74, 6) is -1.23. The van der Waals surface area contributed by atoms with Gasteiger partial charge < -0.3 is 5.73 Å². The molecule has 0 fully saturated rings. The summed E-state index contributed by atoms with van der Waals surface area (Å²) in [6.45, 7) is 0. The molecular weight excluding hydrogens is 396 g/mol. The minimum absolute atomic E-state index is 0.0838. The smallest absolute Gasteiger partial charge is 0.184 e. The van der Waals surface area contributed by atoms with E-state index in [2.05, 4.69) is 6.07 Å². The van der Waals surface area contributed by atoms with Crippen LogP contribution in [0.15, 0.2) is 71.5 Å². The number of carbonyl (C=O) groups excluding carboxylic acids is 2. The van der Waals surface area contributed by atoms with Crippen LogP contribution in [-0.2, 0) is 0 Å². The van der Waals surface area contributed by atoms with Gasteiger partial charge in [-0.25, -0.2) is 0 Å². The number of hydrogen-bond donors (Lipinski definition) is 1. The van der Waals surface area contributed by atoms with Crippen molar-refractivity contribution in [3.05, 3.63) is 93.2 Å². The van der Waals surface area contributed by atoms with Gasteiger partial charge in [0.15, 0.2) is 11.6 Å². The van der Waals surface area contributed by atoms with E-state index in [1.54, 1.807) is 36.4 Å². The molecule has 3 aliphatic rings. The first-order valence-electron chi connectivity index (χ1n) is 10.1. The number of nitriles is 1. The first-order valence-corrected chi connectivity index (χ1v) is 10.4. The van der Waals surface area contributed by atoms with E-state index in [4.69, 9.17) is 17.3 Å². The lowest BCUT2D eigenvalue weighted by molar-refractivity contribution is 0.0659. The molecule has 2 N–H and O–H groups in total. The fourth-order valence-corrected chi connectivity index (χ4v) is 5.70. The molecule has 3 aliphatic carbocycles. The Balaban J connectivity index is 1.87. The van der Waals surface area contributed by atoms with Crippen molar-refractivity contribution in [3.63, 3.8) is 0 Å². The number of halogens is 1. The van der Waals surface area contributed by atoms with E-state index in [1.165, 1.54) is 0 Å². The fourth-order valence-electron chi connectivity index (χ4n) is 5.57. The van der Waals surface area contributed by atoms with Gasteiger partial charge in [0, 0.05) is 27.8 Å². The van der Waals surface area contributed by atoms with Gasteiger partial charge in [0.2, 0.25) is 0 Å². The van der Waals surface area contributed by atoms with Crippen molar-refractivity contribution in [2.45, 2.75) is 25.2 Å². The molecule has 0 aliphatic heterocycles. The van der Waals surface area contributed by atoms with Crippen molar-refractivity contribution < 1.29 is 9.59 Å². The molecule has 4 nitrogen and oxygen atoms in total. The molecule has 0 bridgehead atoms. The van der Waals surface area contributed by atoms with E-state index in [0.29, 0.717) is 21.7 Å². The third kappa shape index (κ3) is 2.27. The van der Waals surface area contributed by atoms with Crippen molar-refractivity contribution in [3.8, 4) is 6.07 Å². The number of fused-ring (bicyclic) bond motifs is 2. The minimum atomic E-state index is -1.60. The van der Waals surface area contributed by atoms with E-state index in [-0.39, 0.29) is 23.2 Å². The normalized spacial score (nSPS) is 24.3. The van der Waals surface area contributed by atoms with Crippen LogP contribution in [0.25, 0.3) is 0 Å². The molecule has 5 rings (SSSR count). The van der Waals surface area contributed by atoms with E-state index in [9.17, 15) is 14.9 Å². The first-order chi connectivity index (χ1) is 14.5. The molecule has 0 aromatic heterocycles. The van der Waals surface area contributed by atoms with Gasteiger partial charge in [-0.05, 0) is 48.4 Å². The highest BCUT2D eigenvalue weighted by Gasteiger charge is 2.64. The maximum absolute atomic E-state index is 13.9. The molecule has 2 atom stereocenters. The van der Waals surface area contributed by atoms with Gasteiger partial charge in [-0.1, -0.05) is 54.1 Å². The Morgan fingerprint density at radius 1 is 1.03 bits per heavy atom. The Hall–Kier alpha value is -3.16. The van der Waals surface area contributed by atoms with Crippen LogP contribution in [0.5, 0.6) is 0 Å². The zero-order valence-electron chi connectivity index (χ0n) is 16.2. The number of rotatable bonds is 1. The monoisotopic (exact) mass is 414 g/mol. The molecule has 0 heterocycles. The molecule has 0 amide bonds. The number of hydrogen-bond acceptors (Lipinski definition) is 4. The van der Waals surface area contributed by atoms with Crippen molar-refractivity contribution in [1.82, 2.24) is 0 Å². The number of nitrogens with two attached hydrogens (primary N) is 1. The maximum atomic E-state index is 13.9. The molecule has 30 heavy (non-hydrogen) atoms. The van der Waals surface area contributed by atoms with Gasteiger partial charge in [-0.15, -0.1) is 0 Å². The zero-order chi connectivity index (χ0) is 21.0. The summed E-state index contributed by atoms with van der Waals surface area (Å²) < 4.78 is 0. The van der Waals surface area contributed by atoms with Crippen LogP contribution in [0.4, 0.5) is 0 Å². The number of allylic oxidation sites excluding steroid dienone is 4. The van der Waals surface area contributed by atoms with Crippen LogP contribution in [0, 0.1) is 22.7 Å². The molecule has 1 spiro atoms. The third-order valence-electron chi connectivity index (χ3n) is 6.81. The lowest BCUT2D eigenvalue weighted by Crippen LogP contribution is -2.51. The first kappa shape index (κ1) is 18.8. The average molecular weight is 415 g/mol. The van der Waals surface area contributed by atoms with Crippen molar-refractivity contribution >= 4 is 23.2 Å². The molecule has 2 aromatic carbocycles. The molecule has 0 radical (unpaired) electrons. The van der Waals surface area contributed by atoms with Gasteiger partial charge in [-0.3, -0.25) is 9.59 Å². The predicted molar refractivity (Wildman–Crippen MR) is 114 cm³/mol. The molecule has 148 valence electrons. The largest absolute Gasteiger partial charge is 0.400 e. The van der Waals surface area contributed by atoms with E-state index in [0.717, 1.165) is 30.4 Å². The average Bonchev–Trinajstić information content (AvgIpc) is 2.99. The highest BCUT2D eigenvalue weighted by Crippen LogP contribution is 2.60. The second-order valence-electron chi connectivity index (χ2n) is 8.14. The van der Waals surface area contributed by atoms with Gasteiger partial charge in [0.25, 0.3) is 0 Å². The summed E-state index contributed by atoms with van der Waals surface area (Å²) >= 11 is 6.12. The van der Waals surface area contributed by atoms with Crippen LogP contribution in [0.2, 0.25) is 5.02 Å². The molecule has 0 unspecified atom stereocenters. The second-order valence-corrected chi connectivity index (χ2v) is 8.57. The SMILES string of the molecule is N#CC1=C(N)C2(C(=O)c3ccccc3C2=O)[C@@H](c2ccc(Cl)cc2)[C@@H]2CCCC=C12. The summed E-state index contributed by atoms with van der Waals surface area (Å²) in [5.41, 5.74) is 7.85. The molecule has 0 saturated heterocycles. The van der Waals surface area contributed by atoms with Crippen LogP contribution in [-0.4, -0.2) is 11.6 Å². The van der Waals surface area contributed by atoms with Crippen LogP contribution >= 0.6 is 11.6 Å². The van der Waals surface area contributed by atoms with Gasteiger partial charge in [0.05, 0.1) is 5.57 Å². The summed E-state index contributed by atoms with van der Waals surface area (Å²) in [6.07, 6.45) is 4.62. The summed E-state index contributed by atoms with van der Waals surface area (Å²) in [4.78, 5) is 27.8. The van der Waals surface area contributed by atoms with E-state index >= 15 is 0 Å². The Morgan fingerprint density at radius 3 is 2.27 bits per heavy atom. The molecule has 5 heteroatoms. The van der Waals surface area contributed by atoms with Crippen LogP contribution in [0.3, 0.4) is 0 Å². The lowest BCUT2D eigenvalue weighted by atomic mass is 9.54. The highest BCUT2D eigenvalue weighted by atomic mass is 35.5. The summed E-state index contributed by atoms with van der Waals surface area (Å²) in [7, 11) is 0. The van der Waals surface area contributed by atoms with E-state index < -0.39 is 11.3 Å². The number of nitrogens with zero attached hydrogens (tertiary/aromatic N) is 1. The van der Waals surface area contributed by atoms with Crippen LogP contribution < -0.4 is 5.73 Å². The number of benzene rings is 2. The van der Waals surface area contributed by atoms with Crippen molar-refractivity contribution in [2.75, 3.05) is 0 Å². The fraction of sp³-hybridized carbons (Fsp3) is 0.240. The zero-order valence-corrected chi connectivity index (χ0v) is 16.9. The highest BCUT2D eigenvalue weighted by molar-refractivity contribution is 6.32. The van der Waals surface area contributed by atoms with Crippen LogP contribution in [0.1, 0.15) is 51.5 Å². The van der Waals surface area contributed by atoms with Crippen molar-refractivity contribution in [2.24, 2.45) is 17.1 Å². The second kappa shape index (κ2) is 6.68. The lowest BCUT2D eigenvalue weighted by Gasteiger charge is -2.46. The Labute approximate surface area is 179 Å². The van der Waals surface area contributed by atoms with E-state index in [1.807, 2.05) is 18.2 Å². The van der Waals surface area contributed by atoms with Gasteiger partial charge in [0.1, 0.15) is 11.5 Å². The van der Waals surface area contributed by atoms with Gasteiger partial charge in [-0.2, -0.15) is 5.26 Å². The predicted octanol–water partition coefficient (Wildman–Crippen LogP) is 4.97. The maximum Gasteiger partial charge on any atom is 0.184 e. The number of ketones is 2. The standard InChI is InChI=1S/C25H19ClN2O2/c26-15-11-9-14(10-12-15)21-17-6-2-1-5-16(17)20(13-27)22(28)25(21)23(29)18-7-3-4-8-19(18)24(25)30/h3-5,7-12,17,21H,1-2,6,28H2/t17-,21+/m1/s1. The topological polar surface area (TPSA) is 83.9 Å². The minimum Gasteiger partial charge on any atom is -0.400 e. The summed E-state index contributed by atoms with van der Waals surface area (Å²) in [6, 6.07) is 16.3. The van der Waals surface area contributed by atoms with Crippen molar-refractivity contribution in [1.29, 1.82) is 5.26 Å². The summed E-state index contributed by atoms with van der Waals surface area (Å²) in [5, 5.41) is 10.5. The molecular formula is C25H19ClN2O2. The number of Topliss-reactive ketones (excluding diaryl/α,β-unsaturated/α-hetero) is 2. The Morgan fingerprint density at radius 2 is 1.67 bits per heavy atom. The Kier molecular flexibility index (Phi) is 4.20. The van der Waals surface area contributed by atoms with Gasteiger partial charge >= 0.3 is 0 Å². The molecule has 0 saturated carbocycles. The quantitative estimate of drug-likeness (QED) is 0.668. The molecule has 2 aromatic rings. The number of carbonyl (C=O) groups is 2. The third-order valence-corrected chi connectivity index (χ3v) is 7.06.